The molecule has 0 aliphatic rings. The van der Waals surface area contributed by atoms with Gasteiger partial charge in [0.1, 0.15) is 0 Å². The lowest BCUT2D eigenvalue weighted by Crippen LogP contribution is -1.95. The van der Waals surface area contributed by atoms with Crippen LogP contribution in [0.1, 0.15) is 0 Å². The molecule has 0 heteroatoms. The Labute approximate surface area is 359 Å². The van der Waals surface area contributed by atoms with Crippen LogP contribution in [0.3, 0.4) is 0 Å². The summed E-state index contributed by atoms with van der Waals surface area (Å²) in [5.41, 5.74) is 12.4. The molecule has 0 radical (unpaired) electrons. The highest BCUT2D eigenvalue weighted by molar-refractivity contribution is 6.44. The van der Waals surface area contributed by atoms with E-state index in [1.54, 1.807) is 0 Å². The van der Waals surface area contributed by atoms with Crippen LogP contribution < -0.4 is 0 Å². The molecule has 0 fully saturated rings. The van der Waals surface area contributed by atoms with Crippen molar-refractivity contribution in [2.75, 3.05) is 0 Å². The highest BCUT2D eigenvalue weighted by Gasteiger charge is 2.24. The van der Waals surface area contributed by atoms with Crippen LogP contribution in [0.15, 0.2) is 231 Å². The highest BCUT2D eigenvalue weighted by atomic mass is 14.3. The first-order valence-corrected chi connectivity index (χ1v) is 21.6. The second-order valence-electron chi connectivity index (χ2n) is 16.6. The van der Waals surface area contributed by atoms with Gasteiger partial charge in [0.05, 0.1) is 0 Å². The van der Waals surface area contributed by atoms with E-state index < -0.39 is 0 Å². The lowest BCUT2D eigenvalue weighted by Gasteiger charge is -2.23. The summed E-state index contributed by atoms with van der Waals surface area (Å²) in [6.07, 6.45) is 0. The molecule has 0 aromatic heterocycles. The van der Waals surface area contributed by atoms with E-state index in [0.717, 1.165) is 0 Å². The zero-order valence-electron chi connectivity index (χ0n) is 33.9. The van der Waals surface area contributed by atoms with E-state index >= 15 is 0 Å². The van der Waals surface area contributed by atoms with E-state index in [0.29, 0.717) is 0 Å². The molecule has 0 aliphatic heterocycles. The molecule has 13 aromatic carbocycles. The Hall–Kier alpha value is -8.06. The summed E-state index contributed by atoms with van der Waals surface area (Å²) < 4.78 is 0. The average molecular weight is 783 g/mol. The predicted octanol–water partition coefficient (Wildman–Crippen LogP) is 17.5. The average Bonchev–Trinajstić information content (AvgIpc) is 3.35. The molecule has 0 saturated heterocycles. The van der Waals surface area contributed by atoms with Crippen LogP contribution in [0.5, 0.6) is 0 Å². The predicted molar refractivity (Wildman–Crippen MR) is 267 cm³/mol. The number of benzene rings is 13. The standard InChI is InChI=1S/C62H38/c1-4-17-39(18-5-1)42-31-32-44(40-19-6-2-7-20-40)56(37-42)49-34-35-52(48-26-13-12-25-47(48)49)58-50-27-14-15-28-51(50)60-55-36-33-45(41-21-8-3-9-22-41)57-38-43-23-10-11-24-46(43)59(62(55)57)54-30-16-29-53(58)61(54)60/h1-38H. The van der Waals surface area contributed by atoms with Gasteiger partial charge in [-0.3, -0.25) is 0 Å². The molecule has 286 valence electrons. The molecule has 0 aliphatic carbocycles. The smallest absolute Gasteiger partial charge is 0.00134 e. The van der Waals surface area contributed by atoms with Gasteiger partial charge in [0.15, 0.2) is 0 Å². The van der Waals surface area contributed by atoms with Crippen LogP contribution in [0.2, 0.25) is 0 Å². The minimum absolute atomic E-state index is 1.21. The molecule has 0 amide bonds. The first-order chi connectivity index (χ1) is 30.8. The van der Waals surface area contributed by atoms with Crippen molar-refractivity contribution in [3.05, 3.63) is 231 Å². The number of hydrogen-bond acceptors (Lipinski definition) is 0. The summed E-state index contributed by atoms with van der Waals surface area (Å²) in [6.45, 7) is 0. The molecule has 13 aromatic rings. The van der Waals surface area contributed by atoms with E-state index in [4.69, 9.17) is 0 Å². The summed E-state index contributed by atoms with van der Waals surface area (Å²) >= 11 is 0. The number of fused-ring (bicyclic) bond motifs is 7. The van der Waals surface area contributed by atoms with Crippen LogP contribution in [0.4, 0.5) is 0 Å². The van der Waals surface area contributed by atoms with E-state index in [1.165, 1.54) is 131 Å². The van der Waals surface area contributed by atoms with Crippen molar-refractivity contribution >= 4 is 75.4 Å². The Balaban J connectivity index is 1.14. The maximum atomic E-state index is 2.42. The van der Waals surface area contributed by atoms with Crippen LogP contribution in [-0.4, -0.2) is 0 Å². The molecule has 0 unspecified atom stereocenters. The maximum Gasteiger partial charge on any atom is -0.00134 e. The molecule has 0 bridgehead atoms. The molecule has 0 spiro atoms. The Bertz CT molecular complexity index is 3880. The van der Waals surface area contributed by atoms with Gasteiger partial charge in [-0.1, -0.05) is 218 Å². The molecule has 62 heavy (non-hydrogen) atoms. The van der Waals surface area contributed by atoms with Gasteiger partial charge in [-0.15, -0.1) is 0 Å². The molecule has 0 atom stereocenters. The fourth-order valence-electron chi connectivity index (χ4n) is 10.7. The van der Waals surface area contributed by atoms with Crippen LogP contribution >= 0.6 is 0 Å². The van der Waals surface area contributed by atoms with E-state index in [9.17, 15) is 0 Å². The molecular formula is C62H38. The first-order valence-electron chi connectivity index (χ1n) is 21.6. The first kappa shape index (κ1) is 34.8. The molecule has 0 saturated carbocycles. The van der Waals surface area contributed by atoms with Crippen molar-refractivity contribution in [1.82, 2.24) is 0 Å². The second-order valence-corrected chi connectivity index (χ2v) is 16.6. The van der Waals surface area contributed by atoms with E-state index in [2.05, 4.69) is 231 Å². The minimum atomic E-state index is 1.21. The number of rotatable bonds is 5. The maximum absolute atomic E-state index is 2.42. The van der Waals surface area contributed by atoms with Gasteiger partial charge in [0.25, 0.3) is 0 Å². The van der Waals surface area contributed by atoms with Gasteiger partial charge in [-0.05, 0) is 143 Å². The molecular weight excluding hydrogens is 745 g/mol. The van der Waals surface area contributed by atoms with Crippen molar-refractivity contribution in [3.8, 4) is 55.6 Å². The van der Waals surface area contributed by atoms with Crippen molar-refractivity contribution < 1.29 is 0 Å². The Kier molecular flexibility index (Phi) is 7.71. The summed E-state index contributed by atoms with van der Waals surface area (Å²) in [7, 11) is 0. The molecule has 0 heterocycles. The van der Waals surface area contributed by atoms with Crippen LogP contribution in [0.25, 0.3) is 131 Å². The SMILES string of the molecule is c1ccc(-c2ccc(-c3ccccc3)c(-c3ccc(-c4c5ccccc5c5c6ccc(-c7ccccc7)c7cc8ccccc8c(c8cccc4c85)c76)c4ccccc34)c2)cc1. The quantitative estimate of drug-likeness (QED) is 0.120. The van der Waals surface area contributed by atoms with Crippen molar-refractivity contribution in [1.29, 1.82) is 0 Å². The van der Waals surface area contributed by atoms with Gasteiger partial charge in [-0.25, -0.2) is 0 Å². The second kappa shape index (κ2) is 13.7. The molecule has 13 rings (SSSR count). The van der Waals surface area contributed by atoms with E-state index in [1.807, 2.05) is 0 Å². The third-order valence-corrected chi connectivity index (χ3v) is 13.4. The van der Waals surface area contributed by atoms with Crippen molar-refractivity contribution in [3.63, 3.8) is 0 Å². The largest absolute Gasteiger partial charge is 0.0622 e. The van der Waals surface area contributed by atoms with E-state index in [-0.39, 0.29) is 0 Å². The van der Waals surface area contributed by atoms with Gasteiger partial charge in [0, 0.05) is 0 Å². The fraction of sp³-hybridized carbons (Fsp3) is 0. The van der Waals surface area contributed by atoms with Gasteiger partial charge in [0.2, 0.25) is 0 Å². The third-order valence-electron chi connectivity index (χ3n) is 13.4. The lowest BCUT2D eigenvalue weighted by molar-refractivity contribution is 1.57. The molecule has 0 nitrogen and oxygen atoms in total. The topological polar surface area (TPSA) is 0 Å². The van der Waals surface area contributed by atoms with Gasteiger partial charge < -0.3 is 0 Å². The summed E-state index contributed by atoms with van der Waals surface area (Å²) in [6, 6.07) is 85.5. The van der Waals surface area contributed by atoms with Gasteiger partial charge >= 0.3 is 0 Å². The normalized spacial score (nSPS) is 11.9. The monoisotopic (exact) mass is 782 g/mol. The zero-order valence-corrected chi connectivity index (χ0v) is 33.9. The Morgan fingerprint density at radius 3 is 1.39 bits per heavy atom. The van der Waals surface area contributed by atoms with Crippen LogP contribution in [-0.2, 0) is 0 Å². The third kappa shape index (κ3) is 5.14. The summed E-state index contributed by atoms with van der Waals surface area (Å²) in [4.78, 5) is 0. The summed E-state index contributed by atoms with van der Waals surface area (Å²) in [5.74, 6) is 0. The highest BCUT2D eigenvalue weighted by Crippen LogP contribution is 2.52. The van der Waals surface area contributed by atoms with Crippen LogP contribution in [0, 0.1) is 0 Å². The number of hydrogen-bond donors (Lipinski definition) is 0. The Morgan fingerprint density at radius 1 is 0.177 bits per heavy atom. The van der Waals surface area contributed by atoms with Gasteiger partial charge in [-0.2, -0.15) is 0 Å². The minimum Gasteiger partial charge on any atom is -0.0622 e. The van der Waals surface area contributed by atoms with Crippen molar-refractivity contribution in [2.45, 2.75) is 0 Å². The zero-order chi connectivity index (χ0) is 40.7. The fourth-order valence-corrected chi connectivity index (χ4v) is 10.7. The lowest BCUT2D eigenvalue weighted by atomic mass is 9.80. The molecule has 0 N–H and O–H groups in total. The van der Waals surface area contributed by atoms with Crippen molar-refractivity contribution in [2.24, 2.45) is 0 Å². The summed E-state index contributed by atoms with van der Waals surface area (Å²) in [5, 5.41) is 18.1. The Morgan fingerprint density at radius 2 is 0.645 bits per heavy atom.